The number of anilines is 1. The van der Waals surface area contributed by atoms with Crippen LogP contribution in [-0.2, 0) is 9.53 Å². The molecule has 19 heavy (non-hydrogen) atoms. The fourth-order valence-corrected chi connectivity index (χ4v) is 2.79. The first-order valence-corrected chi connectivity index (χ1v) is 7.12. The Bertz CT molecular complexity index is 407. The van der Waals surface area contributed by atoms with Gasteiger partial charge in [-0.05, 0) is 37.8 Å². The van der Waals surface area contributed by atoms with E-state index >= 15 is 0 Å². The molecule has 0 saturated heterocycles. The number of carbonyl (C=O) groups is 1. The van der Waals surface area contributed by atoms with Gasteiger partial charge < -0.3 is 10.1 Å². The highest BCUT2D eigenvalue weighted by atomic mass is 16.5. The molecule has 0 aromatic heterocycles. The summed E-state index contributed by atoms with van der Waals surface area (Å²) in [5, 5.41) is 3.35. The van der Waals surface area contributed by atoms with Gasteiger partial charge in [0.2, 0.25) is 0 Å². The maximum atomic E-state index is 12.0. The first-order valence-electron chi connectivity index (χ1n) is 7.12. The average Bonchev–Trinajstić information content (AvgIpc) is 2.47. The van der Waals surface area contributed by atoms with Gasteiger partial charge in [-0.3, -0.25) is 0 Å². The third kappa shape index (κ3) is 3.72. The molecule has 0 amide bonds. The highest BCUT2D eigenvalue weighted by molar-refractivity contribution is 5.79. The lowest BCUT2D eigenvalue weighted by molar-refractivity contribution is -0.143. The Balaban J connectivity index is 2.08. The average molecular weight is 261 g/mol. The molecule has 0 heterocycles. The summed E-state index contributed by atoms with van der Waals surface area (Å²) in [6.07, 6.45) is 5.94. The van der Waals surface area contributed by atoms with Gasteiger partial charge in [0.15, 0.2) is 0 Å². The van der Waals surface area contributed by atoms with Crippen molar-refractivity contribution in [3.8, 4) is 0 Å². The largest absolute Gasteiger partial charge is 0.467 e. The maximum Gasteiger partial charge on any atom is 0.328 e. The zero-order valence-corrected chi connectivity index (χ0v) is 11.8. The number of aryl methyl sites for hydroxylation is 1. The number of rotatable bonds is 4. The van der Waals surface area contributed by atoms with Crippen molar-refractivity contribution in [2.75, 3.05) is 12.4 Å². The Morgan fingerprint density at radius 2 is 1.84 bits per heavy atom. The second kappa shape index (κ2) is 6.60. The predicted octanol–water partition coefficient (Wildman–Crippen LogP) is 3.53. The second-order valence-corrected chi connectivity index (χ2v) is 5.41. The monoisotopic (exact) mass is 261 g/mol. The van der Waals surface area contributed by atoms with Crippen molar-refractivity contribution in [3.05, 3.63) is 29.8 Å². The van der Waals surface area contributed by atoms with Crippen LogP contribution in [0.3, 0.4) is 0 Å². The standard InChI is InChI=1S/C16H23NO2/c1-12-8-10-14(11-9-12)17-15(16(18)19-2)13-6-4-3-5-7-13/h8-11,13,15,17H,3-7H2,1-2H3. The highest BCUT2D eigenvalue weighted by Gasteiger charge is 2.30. The minimum Gasteiger partial charge on any atom is -0.467 e. The molecule has 0 spiro atoms. The number of nitrogens with one attached hydrogen (secondary N) is 1. The topological polar surface area (TPSA) is 38.3 Å². The van der Waals surface area contributed by atoms with Gasteiger partial charge in [-0.1, -0.05) is 37.0 Å². The van der Waals surface area contributed by atoms with Crippen LogP contribution in [0.15, 0.2) is 24.3 Å². The number of ether oxygens (including phenoxy) is 1. The van der Waals surface area contributed by atoms with Crippen LogP contribution in [0.5, 0.6) is 0 Å². The van der Waals surface area contributed by atoms with E-state index in [1.54, 1.807) is 0 Å². The molecule has 2 rings (SSSR count). The fourth-order valence-electron chi connectivity index (χ4n) is 2.79. The zero-order chi connectivity index (χ0) is 13.7. The highest BCUT2D eigenvalue weighted by Crippen LogP contribution is 2.28. The first-order chi connectivity index (χ1) is 9.20. The van der Waals surface area contributed by atoms with Crippen molar-refractivity contribution in [1.82, 2.24) is 0 Å². The van der Waals surface area contributed by atoms with Crippen LogP contribution < -0.4 is 5.32 Å². The SMILES string of the molecule is COC(=O)C(Nc1ccc(C)cc1)C1CCCCC1. The van der Waals surface area contributed by atoms with Crippen molar-refractivity contribution in [2.45, 2.75) is 45.1 Å². The van der Waals surface area contributed by atoms with Crippen LogP contribution in [0.25, 0.3) is 0 Å². The molecule has 0 bridgehead atoms. The van der Waals surface area contributed by atoms with Crippen LogP contribution in [-0.4, -0.2) is 19.1 Å². The molecule has 0 radical (unpaired) electrons. The van der Waals surface area contributed by atoms with Crippen molar-refractivity contribution >= 4 is 11.7 Å². The van der Waals surface area contributed by atoms with Gasteiger partial charge in [0.05, 0.1) is 7.11 Å². The lowest BCUT2D eigenvalue weighted by Gasteiger charge is -2.29. The number of carbonyl (C=O) groups excluding carboxylic acids is 1. The summed E-state index contributed by atoms with van der Waals surface area (Å²) >= 11 is 0. The quantitative estimate of drug-likeness (QED) is 0.843. The molecule has 1 atom stereocenters. The van der Waals surface area contributed by atoms with E-state index in [2.05, 4.69) is 24.4 Å². The molecule has 104 valence electrons. The lowest BCUT2D eigenvalue weighted by Crippen LogP contribution is -2.38. The van der Waals surface area contributed by atoms with Crippen molar-refractivity contribution < 1.29 is 9.53 Å². The number of hydrogen-bond acceptors (Lipinski definition) is 3. The van der Waals surface area contributed by atoms with Crippen LogP contribution in [0, 0.1) is 12.8 Å². The van der Waals surface area contributed by atoms with Gasteiger partial charge >= 0.3 is 5.97 Å². The summed E-state index contributed by atoms with van der Waals surface area (Å²) in [6, 6.07) is 7.94. The molecule has 3 heteroatoms. The van der Waals surface area contributed by atoms with E-state index in [4.69, 9.17) is 4.74 Å². The molecule has 1 saturated carbocycles. The molecule has 0 aliphatic heterocycles. The normalized spacial score (nSPS) is 17.8. The van der Waals surface area contributed by atoms with E-state index in [0.29, 0.717) is 5.92 Å². The van der Waals surface area contributed by atoms with Gasteiger partial charge in [-0.25, -0.2) is 4.79 Å². The minimum atomic E-state index is -0.215. The van der Waals surface area contributed by atoms with E-state index in [0.717, 1.165) is 18.5 Å². The minimum absolute atomic E-state index is 0.146. The maximum absolute atomic E-state index is 12.0. The molecule has 1 aromatic carbocycles. The number of benzene rings is 1. The summed E-state index contributed by atoms with van der Waals surface area (Å²) in [5.74, 6) is 0.245. The van der Waals surface area contributed by atoms with Crippen LogP contribution in [0.2, 0.25) is 0 Å². The molecule has 1 aromatic rings. The Hall–Kier alpha value is -1.51. The van der Waals surface area contributed by atoms with Gasteiger partial charge in [0.25, 0.3) is 0 Å². The summed E-state index contributed by atoms with van der Waals surface area (Å²) in [4.78, 5) is 12.0. The Kier molecular flexibility index (Phi) is 4.83. The predicted molar refractivity (Wildman–Crippen MR) is 77.2 cm³/mol. The van der Waals surface area contributed by atoms with E-state index in [-0.39, 0.29) is 12.0 Å². The van der Waals surface area contributed by atoms with E-state index < -0.39 is 0 Å². The molecule has 1 N–H and O–H groups in total. The van der Waals surface area contributed by atoms with E-state index in [1.165, 1.54) is 31.9 Å². The van der Waals surface area contributed by atoms with Crippen molar-refractivity contribution in [1.29, 1.82) is 0 Å². The zero-order valence-electron chi connectivity index (χ0n) is 11.8. The fraction of sp³-hybridized carbons (Fsp3) is 0.562. The summed E-state index contributed by atoms with van der Waals surface area (Å²) < 4.78 is 4.96. The summed E-state index contributed by atoms with van der Waals surface area (Å²) in [6.45, 7) is 2.06. The van der Waals surface area contributed by atoms with Crippen molar-refractivity contribution in [3.63, 3.8) is 0 Å². The number of methoxy groups -OCH3 is 1. The summed E-state index contributed by atoms with van der Waals surface area (Å²) in [5.41, 5.74) is 2.21. The Labute approximate surface area is 115 Å². The van der Waals surface area contributed by atoms with Crippen LogP contribution in [0.1, 0.15) is 37.7 Å². The molecule has 1 aliphatic carbocycles. The molecular formula is C16H23NO2. The van der Waals surface area contributed by atoms with Crippen molar-refractivity contribution in [2.24, 2.45) is 5.92 Å². The van der Waals surface area contributed by atoms with E-state index in [9.17, 15) is 4.79 Å². The van der Waals surface area contributed by atoms with Gasteiger partial charge in [0.1, 0.15) is 6.04 Å². The van der Waals surface area contributed by atoms with E-state index in [1.807, 2.05) is 12.1 Å². The third-order valence-electron chi connectivity index (χ3n) is 3.95. The first kappa shape index (κ1) is 13.9. The Morgan fingerprint density at radius 1 is 1.21 bits per heavy atom. The second-order valence-electron chi connectivity index (χ2n) is 5.41. The lowest BCUT2D eigenvalue weighted by atomic mass is 9.83. The molecule has 1 unspecified atom stereocenters. The molecule has 1 aliphatic rings. The smallest absolute Gasteiger partial charge is 0.328 e. The van der Waals surface area contributed by atoms with Gasteiger partial charge in [-0.2, -0.15) is 0 Å². The van der Waals surface area contributed by atoms with Crippen LogP contribution >= 0.6 is 0 Å². The molecular weight excluding hydrogens is 238 g/mol. The Morgan fingerprint density at radius 3 is 2.42 bits per heavy atom. The van der Waals surface area contributed by atoms with Crippen LogP contribution in [0.4, 0.5) is 5.69 Å². The third-order valence-corrected chi connectivity index (χ3v) is 3.95. The molecule has 3 nitrogen and oxygen atoms in total. The summed E-state index contributed by atoms with van der Waals surface area (Å²) in [7, 11) is 1.47. The molecule has 1 fully saturated rings. The number of esters is 1. The van der Waals surface area contributed by atoms with Gasteiger partial charge in [-0.15, -0.1) is 0 Å². The number of hydrogen-bond donors (Lipinski definition) is 1. The van der Waals surface area contributed by atoms with Gasteiger partial charge in [0, 0.05) is 5.69 Å².